The van der Waals surface area contributed by atoms with Gasteiger partial charge in [-0.15, -0.1) is 17.5 Å². The number of alkyl halides is 3. The van der Waals surface area contributed by atoms with Crippen LogP contribution in [0, 0.1) is 0 Å². The van der Waals surface area contributed by atoms with Crippen molar-refractivity contribution in [2.24, 2.45) is 0 Å². The lowest BCUT2D eigenvalue weighted by Crippen LogP contribution is -2.09. The first kappa shape index (κ1) is 23.8. The van der Waals surface area contributed by atoms with Crippen molar-refractivity contribution >= 4 is 30.0 Å². The third-order valence-corrected chi connectivity index (χ3v) is 4.58. The minimum absolute atomic E-state index is 0. The Balaban J connectivity index is 0.00000320. The molecule has 5 nitrogen and oxygen atoms in total. The van der Waals surface area contributed by atoms with Crippen LogP contribution < -0.4 is 10.5 Å². The average molecular weight is 461 g/mol. The number of benzene rings is 2. The molecule has 0 fully saturated rings. The third-order valence-electron chi connectivity index (χ3n) is 4.29. The third kappa shape index (κ3) is 5.79. The van der Waals surface area contributed by atoms with E-state index in [-0.39, 0.29) is 35.4 Å². The van der Waals surface area contributed by atoms with Gasteiger partial charge in [0.05, 0.1) is 12.2 Å². The van der Waals surface area contributed by atoms with Crippen molar-refractivity contribution in [2.45, 2.75) is 32.4 Å². The van der Waals surface area contributed by atoms with Gasteiger partial charge in [-0.05, 0) is 41.8 Å². The lowest BCUT2D eigenvalue weighted by atomic mass is 9.95. The molecule has 3 aromatic rings. The van der Waals surface area contributed by atoms with Crippen LogP contribution in [-0.2, 0) is 12.6 Å². The molecule has 0 atom stereocenters. The molecule has 0 saturated carbocycles. The summed E-state index contributed by atoms with van der Waals surface area (Å²) in [6.07, 6.45) is -2.58. The molecule has 0 aliphatic rings. The number of nitrogens with two attached hydrogens (primary N) is 1. The van der Waals surface area contributed by atoms with E-state index >= 15 is 0 Å². The minimum atomic E-state index is -4.58. The summed E-state index contributed by atoms with van der Waals surface area (Å²) in [5.74, 6) is 0.986. The molecule has 0 bridgehead atoms. The van der Waals surface area contributed by atoms with Gasteiger partial charge < -0.3 is 10.5 Å². The van der Waals surface area contributed by atoms with Gasteiger partial charge in [-0.3, -0.25) is 5.10 Å². The Morgan fingerprint density at radius 2 is 1.87 bits per heavy atom. The topological polar surface area (TPSA) is 76.8 Å². The molecular formula is C20H21Cl2F3N4O. The van der Waals surface area contributed by atoms with Crippen LogP contribution in [-0.4, -0.2) is 21.8 Å². The van der Waals surface area contributed by atoms with E-state index in [0.29, 0.717) is 29.3 Å². The van der Waals surface area contributed by atoms with Crippen LogP contribution in [0.15, 0.2) is 36.4 Å². The second-order valence-corrected chi connectivity index (χ2v) is 6.95. The van der Waals surface area contributed by atoms with Gasteiger partial charge in [-0.1, -0.05) is 37.1 Å². The molecule has 3 rings (SSSR count). The maximum atomic E-state index is 13.8. The van der Waals surface area contributed by atoms with Crippen LogP contribution in [0.4, 0.5) is 19.1 Å². The van der Waals surface area contributed by atoms with Gasteiger partial charge in [-0.2, -0.15) is 18.2 Å². The maximum Gasteiger partial charge on any atom is 0.417 e. The molecular weight excluding hydrogens is 440 g/mol. The number of ether oxygens (including phenoxy) is 1. The first-order chi connectivity index (χ1) is 13.8. The zero-order chi connectivity index (χ0) is 21.0. The van der Waals surface area contributed by atoms with E-state index in [1.807, 2.05) is 6.92 Å². The standard InChI is InChI=1S/C20H20ClF3N4O.ClH/c1-2-3-8-29-14-6-4-13(5-7-14)18-15(20(22,23)24)9-12(10-16(18)21)11-17-26-19(25)28-27-17;/h4-7,9-10H,2-3,8,11H2,1H3,(H3,25,26,27,28);1H. The molecule has 3 N–H and O–H groups in total. The van der Waals surface area contributed by atoms with Gasteiger partial charge in [0.1, 0.15) is 11.6 Å². The summed E-state index contributed by atoms with van der Waals surface area (Å²) >= 11 is 6.29. The van der Waals surface area contributed by atoms with Crippen LogP contribution in [0.5, 0.6) is 5.75 Å². The average Bonchev–Trinajstić information content (AvgIpc) is 3.06. The summed E-state index contributed by atoms with van der Waals surface area (Å²) in [5, 5.41) is 6.26. The highest BCUT2D eigenvalue weighted by atomic mass is 35.5. The van der Waals surface area contributed by atoms with Crippen LogP contribution >= 0.6 is 24.0 Å². The summed E-state index contributed by atoms with van der Waals surface area (Å²) in [7, 11) is 0. The van der Waals surface area contributed by atoms with Gasteiger partial charge in [0.15, 0.2) is 0 Å². The van der Waals surface area contributed by atoms with E-state index in [9.17, 15) is 13.2 Å². The van der Waals surface area contributed by atoms with Gasteiger partial charge >= 0.3 is 6.18 Å². The summed E-state index contributed by atoms with van der Waals surface area (Å²) in [6.45, 7) is 2.61. The van der Waals surface area contributed by atoms with Crippen molar-refractivity contribution in [3.05, 3.63) is 58.4 Å². The van der Waals surface area contributed by atoms with Gasteiger partial charge in [0.2, 0.25) is 5.95 Å². The molecule has 1 heterocycles. The van der Waals surface area contributed by atoms with Gasteiger partial charge in [0, 0.05) is 17.0 Å². The number of aromatic nitrogens is 3. The number of hydrogen-bond acceptors (Lipinski definition) is 4. The molecule has 0 unspecified atom stereocenters. The van der Waals surface area contributed by atoms with Crippen LogP contribution in [0.3, 0.4) is 0 Å². The number of anilines is 1. The highest BCUT2D eigenvalue weighted by Gasteiger charge is 2.35. The number of hydrogen-bond donors (Lipinski definition) is 2. The predicted octanol–water partition coefficient (Wildman–Crippen LogP) is 5.92. The Labute approximate surface area is 183 Å². The Morgan fingerprint density at radius 3 is 2.43 bits per heavy atom. The number of H-pyrrole nitrogens is 1. The minimum Gasteiger partial charge on any atom is -0.494 e. The van der Waals surface area contributed by atoms with Crippen molar-refractivity contribution in [1.82, 2.24) is 15.2 Å². The van der Waals surface area contributed by atoms with E-state index in [4.69, 9.17) is 22.1 Å². The number of halogens is 5. The van der Waals surface area contributed by atoms with Crippen molar-refractivity contribution in [1.29, 1.82) is 0 Å². The van der Waals surface area contributed by atoms with Crippen molar-refractivity contribution in [3.63, 3.8) is 0 Å². The van der Waals surface area contributed by atoms with Gasteiger partial charge in [-0.25, -0.2) is 0 Å². The second-order valence-electron chi connectivity index (χ2n) is 6.54. The Morgan fingerprint density at radius 1 is 1.17 bits per heavy atom. The fourth-order valence-electron chi connectivity index (χ4n) is 2.92. The summed E-state index contributed by atoms with van der Waals surface area (Å²) in [4.78, 5) is 3.92. The smallest absolute Gasteiger partial charge is 0.417 e. The molecule has 0 saturated heterocycles. The molecule has 0 spiro atoms. The summed E-state index contributed by atoms with van der Waals surface area (Å²) in [5.41, 5.74) is 5.27. The second kappa shape index (κ2) is 10.0. The quantitative estimate of drug-likeness (QED) is 0.429. The molecule has 0 radical (unpaired) electrons. The number of nitrogens with zero attached hydrogens (tertiary/aromatic N) is 2. The molecule has 2 aromatic carbocycles. The number of rotatable bonds is 7. The zero-order valence-corrected chi connectivity index (χ0v) is 17.7. The largest absolute Gasteiger partial charge is 0.494 e. The highest BCUT2D eigenvalue weighted by Crippen LogP contribution is 2.42. The van der Waals surface area contributed by atoms with E-state index in [2.05, 4.69) is 15.2 Å². The maximum absolute atomic E-state index is 13.8. The van der Waals surface area contributed by atoms with Crippen molar-refractivity contribution in [2.75, 3.05) is 12.3 Å². The highest BCUT2D eigenvalue weighted by molar-refractivity contribution is 6.33. The Hall–Kier alpha value is -2.45. The molecule has 30 heavy (non-hydrogen) atoms. The lowest BCUT2D eigenvalue weighted by Gasteiger charge is -2.17. The van der Waals surface area contributed by atoms with Crippen molar-refractivity contribution < 1.29 is 17.9 Å². The number of nitrogens with one attached hydrogen (secondary N) is 1. The van der Waals surface area contributed by atoms with E-state index in [0.717, 1.165) is 18.9 Å². The van der Waals surface area contributed by atoms with Crippen LogP contribution in [0.1, 0.15) is 36.7 Å². The number of unbranched alkanes of at least 4 members (excludes halogenated alkanes) is 1. The first-order valence-electron chi connectivity index (χ1n) is 9.07. The van der Waals surface area contributed by atoms with Crippen LogP contribution in [0.2, 0.25) is 5.02 Å². The van der Waals surface area contributed by atoms with E-state index in [1.165, 1.54) is 6.07 Å². The van der Waals surface area contributed by atoms with Gasteiger partial charge in [0.25, 0.3) is 0 Å². The normalized spacial score (nSPS) is 11.2. The fraction of sp³-hybridized carbons (Fsp3) is 0.300. The first-order valence-corrected chi connectivity index (χ1v) is 9.45. The van der Waals surface area contributed by atoms with E-state index in [1.54, 1.807) is 24.3 Å². The molecule has 162 valence electrons. The molecule has 0 aliphatic carbocycles. The molecule has 10 heteroatoms. The Kier molecular flexibility index (Phi) is 7.97. The lowest BCUT2D eigenvalue weighted by molar-refractivity contribution is -0.137. The Bertz CT molecular complexity index is 975. The molecule has 1 aromatic heterocycles. The van der Waals surface area contributed by atoms with Crippen LogP contribution in [0.25, 0.3) is 11.1 Å². The number of aromatic amines is 1. The predicted molar refractivity (Wildman–Crippen MR) is 113 cm³/mol. The fourth-order valence-corrected chi connectivity index (χ4v) is 3.27. The van der Waals surface area contributed by atoms with Crippen molar-refractivity contribution in [3.8, 4) is 16.9 Å². The SMILES string of the molecule is CCCCOc1ccc(-c2c(Cl)cc(Cc3nc(N)n[nH]3)cc2C(F)(F)F)cc1.Cl. The number of nitrogen functional groups attached to an aromatic ring is 1. The molecule has 0 aliphatic heterocycles. The van der Waals surface area contributed by atoms with E-state index < -0.39 is 11.7 Å². The summed E-state index contributed by atoms with van der Waals surface area (Å²) in [6, 6.07) is 9.02. The molecule has 0 amide bonds. The zero-order valence-electron chi connectivity index (χ0n) is 16.1. The summed E-state index contributed by atoms with van der Waals surface area (Å²) < 4.78 is 46.9. The monoisotopic (exact) mass is 460 g/mol.